The molecule has 1 atom stereocenters. The van der Waals surface area contributed by atoms with E-state index in [0.29, 0.717) is 52.0 Å². The highest BCUT2D eigenvalue weighted by molar-refractivity contribution is 5.82. The molecule has 5 rings (SSSR count). The summed E-state index contributed by atoms with van der Waals surface area (Å²) in [5.74, 6) is 0.399. The predicted octanol–water partition coefficient (Wildman–Crippen LogP) is 4.60. The quantitative estimate of drug-likeness (QED) is 0.430. The molecule has 2 aromatic heterocycles. The van der Waals surface area contributed by atoms with Crippen molar-refractivity contribution in [2.45, 2.75) is 26.4 Å². The van der Waals surface area contributed by atoms with E-state index in [0.717, 1.165) is 31.5 Å². The van der Waals surface area contributed by atoms with Gasteiger partial charge in [-0.15, -0.1) is 0 Å². The van der Waals surface area contributed by atoms with Gasteiger partial charge in [0.2, 0.25) is 5.88 Å². The lowest BCUT2D eigenvalue weighted by Crippen LogP contribution is -2.34. The summed E-state index contributed by atoms with van der Waals surface area (Å²) < 4.78 is 23.1. The molecule has 8 heteroatoms. The van der Waals surface area contributed by atoms with Crippen molar-refractivity contribution >= 4 is 5.52 Å². The summed E-state index contributed by atoms with van der Waals surface area (Å²) in [7, 11) is 2.13. The Kier molecular flexibility index (Phi) is 6.68. The van der Waals surface area contributed by atoms with E-state index in [4.69, 9.17) is 9.72 Å². The molecule has 7 nitrogen and oxygen atoms in total. The van der Waals surface area contributed by atoms with Crippen molar-refractivity contribution in [3.63, 3.8) is 0 Å². The number of fused-ring (bicyclic) bond motifs is 1. The van der Waals surface area contributed by atoms with Gasteiger partial charge < -0.3 is 14.7 Å². The van der Waals surface area contributed by atoms with Crippen LogP contribution in [0, 0.1) is 30.0 Å². The Labute approximate surface area is 209 Å². The predicted molar refractivity (Wildman–Crippen MR) is 135 cm³/mol. The summed E-state index contributed by atoms with van der Waals surface area (Å²) in [6.07, 6.45) is 5.63. The van der Waals surface area contributed by atoms with E-state index in [2.05, 4.69) is 23.0 Å². The van der Waals surface area contributed by atoms with Crippen molar-refractivity contribution in [2.24, 2.45) is 5.92 Å². The molecule has 0 aliphatic carbocycles. The zero-order valence-corrected chi connectivity index (χ0v) is 20.4. The van der Waals surface area contributed by atoms with Gasteiger partial charge in [-0.3, -0.25) is 4.40 Å². The molecule has 1 aliphatic rings. The van der Waals surface area contributed by atoms with Gasteiger partial charge in [0.05, 0.1) is 48.8 Å². The Hall–Kier alpha value is -3.80. The van der Waals surface area contributed by atoms with Crippen LogP contribution < -0.4 is 4.74 Å². The highest BCUT2D eigenvalue weighted by atomic mass is 19.1. The largest absolute Gasteiger partial charge is 0.476 e. The van der Waals surface area contributed by atoms with Crippen LogP contribution >= 0.6 is 0 Å². The van der Waals surface area contributed by atoms with Crippen LogP contribution in [0.5, 0.6) is 5.88 Å². The molecule has 1 saturated heterocycles. The van der Waals surface area contributed by atoms with E-state index in [-0.39, 0.29) is 12.2 Å². The molecule has 2 aromatic carbocycles. The third kappa shape index (κ3) is 4.55. The smallest absolute Gasteiger partial charge is 0.240 e. The second kappa shape index (κ2) is 10.1. The number of aliphatic hydroxyl groups excluding tert-OH is 1. The molecule has 36 heavy (non-hydrogen) atoms. The molecule has 0 amide bonds. The van der Waals surface area contributed by atoms with Crippen LogP contribution in [0.3, 0.4) is 0 Å². The maximum Gasteiger partial charge on any atom is 0.240 e. The first-order valence-electron chi connectivity index (χ1n) is 12.1. The van der Waals surface area contributed by atoms with E-state index in [1.54, 1.807) is 31.6 Å². The Morgan fingerprint density at radius 1 is 1.22 bits per heavy atom. The second-order valence-electron chi connectivity index (χ2n) is 9.45. The van der Waals surface area contributed by atoms with Gasteiger partial charge >= 0.3 is 0 Å². The van der Waals surface area contributed by atoms with E-state index < -0.39 is 5.82 Å². The van der Waals surface area contributed by atoms with Crippen molar-refractivity contribution in [3.05, 3.63) is 71.4 Å². The monoisotopic (exact) mass is 485 g/mol. The molecule has 0 spiro atoms. The third-order valence-electron chi connectivity index (χ3n) is 6.85. The van der Waals surface area contributed by atoms with Crippen LogP contribution in [0.4, 0.5) is 4.39 Å². The maximum atomic E-state index is 14.9. The molecule has 184 valence electrons. The van der Waals surface area contributed by atoms with Gasteiger partial charge in [0.1, 0.15) is 11.3 Å². The number of benzene rings is 2. The summed E-state index contributed by atoms with van der Waals surface area (Å²) in [6.45, 7) is 4.03. The van der Waals surface area contributed by atoms with Crippen molar-refractivity contribution in [1.29, 1.82) is 5.26 Å². The van der Waals surface area contributed by atoms with E-state index in [1.165, 1.54) is 6.07 Å². The minimum atomic E-state index is -0.478. The number of piperidine rings is 1. The van der Waals surface area contributed by atoms with Gasteiger partial charge in [-0.2, -0.15) is 5.26 Å². The van der Waals surface area contributed by atoms with Gasteiger partial charge in [-0.25, -0.2) is 14.4 Å². The van der Waals surface area contributed by atoms with Crippen molar-refractivity contribution in [3.8, 4) is 34.5 Å². The molecule has 0 bridgehead atoms. The second-order valence-corrected chi connectivity index (χ2v) is 9.45. The van der Waals surface area contributed by atoms with E-state index >= 15 is 0 Å². The number of nitriles is 1. The lowest BCUT2D eigenvalue weighted by atomic mass is 9.98. The van der Waals surface area contributed by atoms with Crippen LogP contribution in [0.2, 0.25) is 0 Å². The topological polar surface area (TPSA) is 86.7 Å². The molecule has 3 heterocycles. The number of likely N-dealkylation sites (tertiary alicyclic amines) is 1. The summed E-state index contributed by atoms with van der Waals surface area (Å²) >= 11 is 0. The highest BCUT2D eigenvalue weighted by Gasteiger charge is 2.23. The van der Waals surface area contributed by atoms with Crippen LogP contribution in [0.15, 0.2) is 48.9 Å². The fourth-order valence-corrected chi connectivity index (χ4v) is 4.96. The third-order valence-corrected chi connectivity index (χ3v) is 6.85. The minimum Gasteiger partial charge on any atom is -0.476 e. The normalized spacial score (nSPS) is 16.2. The number of ether oxygens (including phenoxy) is 1. The van der Waals surface area contributed by atoms with Crippen molar-refractivity contribution in [1.82, 2.24) is 19.3 Å². The van der Waals surface area contributed by atoms with Gasteiger partial charge in [-0.1, -0.05) is 12.1 Å². The summed E-state index contributed by atoms with van der Waals surface area (Å²) in [5, 5.41) is 18.8. The molecule has 1 N–H and O–H groups in total. The number of aromatic nitrogens is 3. The van der Waals surface area contributed by atoms with E-state index in [1.807, 2.05) is 22.6 Å². The number of rotatable bonds is 6. The molecule has 0 radical (unpaired) electrons. The van der Waals surface area contributed by atoms with Gasteiger partial charge in [0.25, 0.3) is 0 Å². The number of hydrogen-bond acceptors (Lipinski definition) is 6. The molecular weight excluding hydrogens is 457 g/mol. The molecule has 4 aromatic rings. The number of aryl methyl sites for hydroxylation is 1. The summed E-state index contributed by atoms with van der Waals surface area (Å²) in [5.41, 5.74) is 4.77. The average molecular weight is 486 g/mol. The Morgan fingerprint density at radius 3 is 2.72 bits per heavy atom. The fourth-order valence-electron chi connectivity index (χ4n) is 4.96. The zero-order valence-electron chi connectivity index (χ0n) is 20.4. The fraction of sp³-hybridized carbons (Fsp3) is 0.321. The summed E-state index contributed by atoms with van der Waals surface area (Å²) in [4.78, 5) is 11.6. The molecular formula is C28H28FN5O2. The molecule has 1 aliphatic heterocycles. The number of aliphatic hydroxyl groups is 1. The average Bonchev–Trinajstić information content (AvgIpc) is 3.37. The number of halogens is 1. The lowest BCUT2D eigenvalue weighted by Gasteiger charge is -2.29. The van der Waals surface area contributed by atoms with Crippen molar-refractivity contribution < 1.29 is 14.2 Å². The van der Waals surface area contributed by atoms with Gasteiger partial charge in [0.15, 0.2) is 0 Å². The number of hydrogen-bond donors (Lipinski definition) is 1. The first-order valence-corrected chi connectivity index (χ1v) is 12.1. The van der Waals surface area contributed by atoms with Crippen LogP contribution in [0.25, 0.3) is 28.0 Å². The molecule has 0 unspecified atom stereocenters. The SMILES string of the molecule is Cc1cc(-c2c(-c3ccc(C#N)cc3)nc(OC[C@@H]3CCCN(C)C3)c3cncn23)cc(F)c1CO. The molecule has 0 saturated carbocycles. The Bertz CT molecular complexity index is 1420. The maximum absolute atomic E-state index is 14.9. The Morgan fingerprint density at radius 2 is 2.03 bits per heavy atom. The zero-order chi connectivity index (χ0) is 25.2. The van der Waals surface area contributed by atoms with Gasteiger partial charge in [-0.05, 0) is 63.2 Å². The Balaban J connectivity index is 1.66. The standard InChI is InChI=1S/C28H28FN5O2/c1-18-10-22(11-24(29)23(18)15-35)27-26(21-7-5-19(12-30)6-8-21)32-28(25-13-31-17-34(25)27)36-16-20-4-3-9-33(2)14-20/h5-8,10-11,13,17,20,35H,3-4,9,14-16H2,1-2H3/t20-/m1/s1. The lowest BCUT2D eigenvalue weighted by molar-refractivity contribution is 0.148. The van der Waals surface area contributed by atoms with Gasteiger partial charge in [0, 0.05) is 29.2 Å². The first-order chi connectivity index (χ1) is 17.5. The minimum absolute atomic E-state index is 0.269. The first kappa shape index (κ1) is 23.9. The number of imidazole rings is 1. The molecule has 1 fully saturated rings. The van der Waals surface area contributed by atoms with Crippen LogP contribution in [0.1, 0.15) is 29.5 Å². The highest BCUT2D eigenvalue weighted by Crippen LogP contribution is 2.36. The van der Waals surface area contributed by atoms with Crippen LogP contribution in [-0.2, 0) is 6.61 Å². The summed E-state index contributed by atoms with van der Waals surface area (Å²) in [6, 6.07) is 12.5. The van der Waals surface area contributed by atoms with E-state index in [9.17, 15) is 14.8 Å². The van der Waals surface area contributed by atoms with Crippen LogP contribution in [-0.4, -0.2) is 51.1 Å². The van der Waals surface area contributed by atoms with Crippen molar-refractivity contribution in [2.75, 3.05) is 26.7 Å². The number of nitrogens with zero attached hydrogens (tertiary/aromatic N) is 5.